The van der Waals surface area contributed by atoms with E-state index in [-0.39, 0.29) is 0 Å². The van der Waals surface area contributed by atoms with Gasteiger partial charge in [-0.3, -0.25) is 4.98 Å². The van der Waals surface area contributed by atoms with Crippen molar-refractivity contribution < 1.29 is 28.2 Å². The number of pyridine rings is 2. The summed E-state index contributed by atoms with van der Waals surface area (Å²) in [6.07, 6.45) is -1.94. The third-order valence-electron chi connectivity index (χ3n) is 5.59. The normalized spacial score (nSPS) is 11.6. The highest BCUT2D eigenvalue weighted by molar-refractivity contribution is 5.92. The van der Waals surface area contributed by atoms with Crippen LogP contribution >= 0.6 is 0 Å². The average molecular weight is 512 g/mol. The first-order valence-corrected chi connectivity index (χ1v) is 11.5. The van der Waals surface area contributed by atoms with Crippen molar-refractivity contribution in [3.05, 3.63) is 84.2 Å². The number of aryl methyl sites for hydroxylation is 1. The van der Waals surface area contributed by atoms with Crippen molar-refractivity contribution in [2.24, 2.45) is 5.73 Å². The average Bonchev–Trinajstić information content (AvgIpc) is 2.86. The molecule has 2 heterocycles. The number of hydrogen-bond donors (Lipinski definition) is 3. The van der Waals surface area contributed by atoms with E-state index in [9.17, 15) is 18.3 Å². The van der Waals surface area contributed by atoms with E-state index in [2.05, 4.69) is 47.4 Å². The second-order valence-corrected chi connectivity index (χ2v) is 9.09. The maximum absolute atomic E-state index is 10.6. The fourth-order valence-electron chi connectivity index (χ4n) is 3.63. The number of aliphatic hydroxyl groups is 1. The molecule has 194 valence electrons. The third kappa shape index (κ3) is 7.58. The first kappa shape index (κ1) is 27.8. The van der Waals surface area contributed by atoms with Crippen LogP contribution in [0.1, 0.15) is 31.5 Å². The molecule has 0 aliphatic rings. The molecular formula is C28H28F3N3O3. The molecule has 37 heavy (non-hydrogen) atoms. The number of alkyl halides is 3. The number of carboxylic acid groups (broad SMARTS) is 1. The number of nitrogens with two attached hydrogens (primary N) is 1. The lowest BCUT2D eigenvalue weighted by atomic mass is 9.95. The highest BCUT2D eigenvalue weighted by Crippen LogP contribution is 2.34. The van der Waals surface area contributed by atoms with Gasteiger partial charge in [0.25, 0.3) is 0 Å². The number of aromatic nitrogens is 2. The smallest absolute Gasteiger partial charge is 0.475 e. The second-order valence-electron chi connectivity index (χ2n) is 9.09. The molecule has 0 amide bonds. The van der Waals surface area contributed by atoms with Crippen LogP contribution < -0.4 is 5.73 Å². The van der Waals surface area contributed by atoms with E-state index in [1.165, 1.54) is 0 Å². The molecule has 0 saturated heterocycles. The zero-order chi connectivity index (χ0) is 27.2. The molecule has 6 nitrogen and oxygen atoms in total. The van der Waals surface area contributed by atoms with E-state index < -0.39 is 17.7 Å². The Hall–Kier alpha value is -3.82. The van der Waals surface area contributed by atoms with E-state index in [1.807, 2.05) is 38.1 Å². The number of rotatable bonds is 6. The number of aliphatic carboxylic acids is 1. The predicted octanol–water partition coefficient (Wildman–Crippen LogP) is 5.76. The highest BCUT2D eigenvalue weighted by atomic mass is 19.4. The summed E-state index contributed by atoms with van der Waals surface area (Å²) in [5.74, 6) is -2.76. The van der Waals surface area contributed by atoms with Crippen molar-refractivity contribution >= 4 is 16.9 Å². The number of carbonyl (C=O) groups is 1. The third-order valence-corrected chi connectivity index (χ3v) is 5.59. The van der Waals surface area contributed by atoms with E-state index in [4.69, 9.17) is 20.6 Å². The number of hydrogen-bond acceptors (Lipinski definition) is 5. The number of halogens is 3. The van der Waals surface area contributed by atoms with Crippen molar-refractivity contribution in [1.82, 2.24) is 9.97 Å². The summed E-state index contributed by atoms with van der Waals surface area (Å²) in [6.45, 7) is 4.18. The first-order chi connectivity index (χ1) is 17.4. The lowest BCUT2D eigenvalue weighted by Gasteiger charge is -2.18. The van der Waals surface area contributed by atoms with Crippen molar-refractivity contribution in [3.63, 3.8) is 0 Å². The minimum absolute atomic E-state index is 0.521. The molecular weight excluding hydrogens is 483 g/mol. The maximum atomic E-state index is 10.6. The van der Waals surface area contributed by atoms with Crippen molar-refractivity contribution in [1.29, 1.82) is 0 Å². The molecule has 0 saturated carbocycles. The molecule has 2 aromatic heterocycles. The minimum Gasteiger partial charge on any atom is -0.475 e. The standard InChI is InChI=1S/C26H27N3O.C2HF3O2/c1-26(2,30)14-12-23-22-16-21(19-6-4-3-5-7-19)25(29-24(22)13-15-28-23)20-10-8-18(17-27)9-11-20;3-2(4,5)1(6)7/h3-11,13,15-16,30H,12,14,17,27H2,1-2H3;(H,6,7). The van der Waals surface area contributed by atoms with Crippen LogP contribution in [-0.4, -0.2) is 37.9 Å². The van der Waals surface area contributed by atoms with Gasteiger partial charge in [0.05, 0.1) is 16.8 Å². The monoisotopic (exact) mass is 511 g/mol. The van der Waals surface area contributed by atoms with Gasteiger partial charge in [0.2, 0.25) is 0 Å². The van der Waals surface area contributed by atoms with E-state index in [1.54, 1.807) is 6.20 Å². The Morgan fingerprint density at radius 2 is 1.59 bits per heavy atom. The van der Waals surface area contributed by atoms with Crippen LogP contribution in [0.15, 0.2) is 72.9 Å². The lowest BCUT2D eigenvalue weighted by molar-refractivity contribution is -0.192. The molecule has 2 aromatic carbocycles. The summed E-state index contributed by atoms with van der Waals surface area (Å²) in [5.41, 5.74) is 12.2. The van der Waals surface area contributed by atoms with E-state index in [0.717, 1.165) is 44.5 Å². The van der Waals surface area contributed by atoms with Gasteiger partial charge in [-0.2, -0.15) is 13.2 Å². The summed E-state index contributed by atoms with van der Waals surface area (Å²) in [4.78, 5) is 18.5. The van der Waals surface area contributed by atoms with Gasteiger partial charge in [-0.25, -0.2) is 9.78 Å². The van der Waals surface area contributed by atoms with Gasteiger partial charge in [0.15, 0.2) is 0 Å². The number of fused-ring (bicyclic) bond motifs is 1. The summed E-state index contributed by atoms with van der Waals surface area (Å²) in [7, 11) is 0. The fourth-order valence-corrected chi connectivity index (χ4v) is 3.63. The predicted molar refractivity (Wildman–Crippen MR) is 137 cm³/mol. The minimum atomic E-state index is -5.08. The van der Waals surface area contributed by atoms with Crippen LogP contribution in [0.3, 0.4) is 0 Å². The molecule has 0 aliphatic heterocycles. The summed E-state index contributed by atoms with van der Waals surface area (Å²) >= 11 is 0. The Bertz CT molecular complexity index is 1350. The van der Waals surface area contributed by atoms with Gasteiger partial charge in [-0.1, -0.05) is 54.6 Å². The molecule has 4 rings (SSSR count). The van der Waals surface area contributed by atoms with E-state index in [0.29, 0.717) is 19.4 Å². The summed E-state index contributed by atoms with van der Waals surface area (Å²) in [5, 5.41) is 18.3. The first-order valence-electron chi connectivity index (χ1n) is 11.5. The molecule has 9 heteroatoms. The van der Waals surface area contributed by atoms with Crippen LogP contribution in [0.2, 0.25) is 0 Å². The summed E-state index contributed by atoms with van der Waals surface area (Å²) in [6, 6.07) is 22.7. The Labute approximate surface area is 212 Å². The van der Waals surface area contributed by atoms with Gasteiger partial charge >= 0.3 is 12.1 Å². The maximum Gasteiger partial charge on any atom is 0.490 e. The Morgan fingerprint density at radius 3 is 2.14 bits per heavy atom. The van der Waals surface area contributed by atoms with E-state index >= 15 is 0 Å². The molecule has 4 aromatic rings. The summed E-state index contributed by atoms with van der Waals surface area (Å²) < 4.78 is 31.7. The molecule has 0 aliphatic carbocycles. The number of benzene rings is 2. The van der Waals surface area contributed by atoms with Crippen LogP contribution in [0.5, 0.6) is 0 Å². The van der Waals surface area contributed by atoms with Crippen LogP contribution in [0, 0.1) is 0 Å². The zero-order valence-electron chi connectivity index (χ0n) is 20.5. The van der Waals surface area contributed by atoms with Crippen molar-refractivity contribution in [2.45, 2.75) is 45.0 Å². The van der Waals surface area contributed by atoms with Gasteiger partial charge < -0.3 is 15.9 Å². The number of nitrogens with zero attached hydrogens (tertiary/aromatic N) is 2. The largest absolute Gasteiger partial charge is 0.490 e. The molecule has 0 radical (unpaired) electrons. The van der Waals surface area contributed by atoms with Gasteiger partial charge in [0.1, 0.15) is 0 Å². The molecule has 0 spiro atoms. The molecule has 0 atom stereocenters. The van der Waals surface area contributed by atoms with Crippen LogP contribution in [0.4, 0.5) is 13.2 Å². The van der Waals surface area contributed by atoms with Crippen LogP contribution in [0.25, 0.3) is 33.3 Å². The van der Waals surface area contributed by atoms with Gasteiger partial charge in [-0.15, -0.1) is 0 Å². The topological polar surface area (TPSA) is 109 Å². The van der Waals surface area contributed by atoms with Crippen molar-refractivity contribution in [3.8, 4) is 22.4 Å². The van der Waals surface area contributed by atoms with Gasteiger partial charge in [-0.05, 0) is 49.9 Å². The SMILES string of the molecule is CC(C)(O)CCc1nccc2nc(-c3ccc(CN)cc3)c(-c3ccccc3)cc12.O=C(O)C(F)(F)F. The van der Waals surface area contributed by atoms with Crippen LogP contribution in [-0.2, 0) is 17.8 Å². The Morgan fingerprint density at radius 1 is 0.973 bits per heavy atom. The molecule has 0 bridgehead atoms. The number of carboxylic acids is 1. The second kappa shape index (κ2) is 11.5. The molecule has 4 N–H and O–H groups in total. The fraction of sp³-hybridized carbons (Fsp3) is 0.250. The van der Waals surface area contributed by atoms with Crippen molar-refractivity contribution in [2.75, 3.05) is 0 Å². The lowest BCUT2D eigenvalue weighted by Crippen LogP contribution is -2.21. The Kier molecular flexibility index (Phi) is 8.62. The Balaban J connectivity index is 0.000000479. The quantitative estimate of drug-likeness (QED) is 0.304. The molecule has 0 fully saturated rings. The highest BCUT2D eigenvalue weighted by Gasteiger charge is 2.38. The van der Waals surface area contributed by atoms with Gasteiger partial charge in [0, 0.05) is 34.9 Å². The molecule has 0 unspecified atom stereocenters. The zero-order valence-corrected chi connectivity index (χ0v) is 20.5.